The van der Waals surface area contributed by atoms with Crippen molar-refractivity contribution in [3.8, 4) is 0 Å². The van der Waals surface area contributed by atoms with Gasteiger partial charge in [-0.2, -0.15) is 0 Å². The highest BCUT2D eigenvalue weighted by atomic mass is 32.1. The van der Waals surface area contributed by atoms with Crippen molar-refractivity contribution >= 4 is 28.9 Å². The molecule has 1 rings (SSSR count). The quantitative estimate of drug-likeness (QED) is 0.848. The van der Waals surface area contributed by atoms with E-state index >= 15 is 0 Å². The number of ether oxygens (including phenoxy) is 1. The van der Waals surface area contributed by atoms with Crippen LogP contribution in [0.2, 0.25) is 0 Å². The Kier molecular flexibility index (Phi) is 4.25. The van der Waals surface area contributed by atoms with Crippen molar-refractivity contribution in [2.75, 3.05) is 12.4 Å². The number of carboxylic acid groups (broad SMARTS) is 1. The fourth-order valence-electron chi connectivity index (χ4n) is 1.23. The highest BCUT2D eigenvalue weighted by Crippen LogP contribution is 2.24. The van der Waals surface area contributed by atoms with Crippen LogP contribution in [-0.2, 0) is 9.53 Å². The number of carbonyl (C=O) groups is 2. The molecule has 1 atom stereocenters. The number of methoxy groups -OCH3 is 1. The Morgan fingerprint density at radius 2 is 2.24 bits per heavy atom. The van der Waals surface area contributed by atoms with Gasteiger partial charge in [0.1, 0.15) is 10.5 Å². The zero-order valence-electron chi connectivity index (χ0n) is 9.94. The summed E-state index contributed by atoms with van der Waals surface area (Å²) < 4.78 is 5.14. The lowest BCUT2D eigenvalue weighted by Crippen LogP contribution is -2.41. The van der Waals surface area contributed by atoms with Crippen LogP contribution in [0.1, 0.15) is 29.9 Å². The van der Waals surface area contributed by atoms with Crippen LogP contribution < -0.4 is 5.32 Å². The summed E-state index contributed by atoms with van der Waals surface area (Å²) in [7, 11) is 1.45. The number of carbonyl (C=O) groups excluding carboxylic acids is 1. The Morgan fingerprint density at radius 1 is 1.59 bits per heavy atom. The molecule has 5 nitrogen and oxygen atoms in total. The van der Waals surface area contributed by atoms with Gasteiger partial charge >= 0.3 is 5.97 Å². The van der Waals surface area contributed by atoms with Crippen molar-refractivity contribution in [1.82, 2.24) is 0 Å². The van der Waals surface area contributed by atoms with E-state index in [1.165, 1.54) is 7.11 Å². The number of thiophene rings is 1. The average Bonchev–Trinajstić information content (AvgIpc) is 2.76. The van der Waals surface area contributed by atoms with E-state index in [2.05, 4.69) is 5.32 Å². The summed E-state index contributed by atoms with van der Waals surface area (Å²) in [6.45, 7) is 3.49. The van der Waals surface area contributed by atoms with Gasteiger partial charge in [0.05, 0.1) is 5.69 Å². The van der Waals surface area contributed by atoms with E-state index in [0.29, 0.717) is 12.1 Å². The predicted octanol–water partition coefficient (Wildman–Crippen LogP) is 2.20. The fourth-order valence-corrected chi connectivity index (χ4v) is 1.91. The van der Waals surface area contributed by atoms with Crippen LogP contribution in [-0.4, -0.2) is 29.7 Å². The molecule has 1 aromatic rings. The van der Waals surface area contributed by atoms with Gasteiger partial charge in [-0.15, -0.1) is 11.3 Å². The molecule has 0 aliphatic heterocycles. The maximum Gasteiger partial charge on any atom is 0.348 e. The average molecular weight is 257 g/mol. The number of rotatable bonds is 5. The SMILES string of the molecule is CCC(C)(OC)C(=O)Nc1ccsc1C(=O)O. The molecule has 1 amide bonds. The molecular weight excluding hydrogens is 242 g/mol. The van der Waals surface area contributed by atoms with E-state index in [1.807, 2.05) is 6.92 Å². The second kappa shape index (κ2) is 5.29. The van der Waals surface area contributed by atoms with Crippen LogP contribution in [0.25, 0.3) is 0 Å². The molecule has 2 N–H and O–H groups in total. The van der Waals surface area contributed by atoms with Gasteiger partial charge in [0.2, 0.25) is 0 Å². The molecule has 1 aromatic heterocycles. The lowest BCUT2D eigenvalue weighted by molar-refractivity contribution is -0.136. The van der Waals surface area contributed by atoms with E-state index in [0.717, 1.165) is 11.3 Å². The summed E-state index contributed by atoms with van der Waals surface area (Å²) in [6.07, 6.45) is 0.502. The van der Waals surface area contributed by atoms with Crippen molar-refractivity contribution in [3.63, 3.8) is 0 Å². The van der Waals surface area contributed by atoms with Gasteiger partial charge in [-0.25, -0.2) is 4.79 Å². The predicted molar refractivity (Wildman–Crippen MR) is 65.6 cm³/mol. The lowest BCUT2D eigenvalue weighted by Gasteiger charge is -2.25. The molecule has 0 aliphatic carbocycles. The van der Waals surface area contributed by atoms with Crippen LogP contribution >= 0.6 is 11.3 Å². The van der Waals surface area contributed by atoms with E-state index in [9.17, 15) is 9.59 Å². The van der Waals surface area contributed by atoms with Crippen LogP contribution in [0.4, 0.5) is 5.69 Å². The van der Waals surface area contributed by atoms with Crippen molar-refractivity contribution in [1.29, 1.82) is 0 Å². The lowest BCUT2D eigenvalue weighted by atomic mass is 10.0. The molecular formula is C11H15NO4S. The summed E-state index contributed by atoms with van der Waals surface area (Å²) in [5.74, 6) is -1.39. The monoisotopic (exact) mass is 257 g/mol. The smallest absolute Gasteiger partial charge is 0.348 e. The molecule has 1 heterocycles. The molecule has 0 saturated heterocycles. The van der Waals surface area contributed by atoms with Gasteiger partial charge in [-0.1, -0.05) is 6.92 Å². The van der Waals surface area contributed by atoms with Crippen LogP contribution in [0.15, 0.2) is 11.4 Å². The third-order valence-electron chi connectivity index (χ3n) is 2.71. The second-order valence-corrected chi connectivity index (χ2v) is 4.63. The van der Waals surface area contributed by atoms with Crippen molar-refractivity contribution < 1.29 is 19.4 Å². The van der Waals surface area contributed by atoms with Crippen LogP contribution in [0.5, 0.6) is 0 Å². The van der Waals surface area contributed by atoms with Gasteiger partial charge < -0.3 is 15.2 Å². The molecule has 0 aliphatic rings. The number of carboxylic acids is 1. The number of amides is 1. The number of nitrogens with one attached hydrogen (secondary N) is 1. The number of aromatic carboxylic acids is 1. The first kappa shape index (κ1) is 13.7. The first-order chi connectivity index (χ1) is 7.94. The summed E-state index contributed by atoms with van der Waals surface area (Å²) in [6, 6.07) is 1.57. The first-order valence-electron chi connectivity index (χ1n) is 5.12. The van der Waals surface area contributed by atoms with Crippen LogP contribution in [0.3, 0.4) is 0 Å². The zero-order chi connectivity index (χ0) is 13.1. The standard InChI is InChI=1S/C11H15NO4S/c1-4-11(2,16-3)10(15)12-7-5-6-17-8(7)9(13)14/h5-6H,4H2,1-3H3,(H,12,15)(H,13,14). The maximum atomic E-state index is 11.9. The second-order valence-electron chi connectivity index (χ2n) is 3.71. The molecule has 0 fully saturated rings. The largest absolute Gasteiger partial charge is 0.477 e. The summed E-state index contributed by atoms with van der Waals surface area (Å²) in [5.41, 5.74) is -0.637. The summed E-state index contributed by atoms with van der Waals surface area (Å²) in [4.78, 5) is 22.9. The Hall–Kier alpha value is -1.40. The molecule has 0 bridgehead atoms. The van der Waals surface area contributed by atoms with Crippen molar-refractivity contribution in [3.05, 3.63) is 16.3 Å². The maximum absolute atomic E-state index is 11.9. The van der Waals surface area contributed by atoms with Gasteiger partial charge in [0.15, 0.2) is 0 Å². The summed E-state index contributed by atoms with van der Waals surface area (Å²) >= 11 is 1.07. The molecule has 0 spiro atoms. The van der Waals surface area contributed by atoms with Crippen LogP contribution in [0, 0.1) is 0 Å². The van der Waals surface area contributed by atoms with Gasteiger partial charge in [0, 0.05) is 7.11 Å². The Morgan fingerprint density at radius 3 is 2.71 bits per heavy atom. The molecule has 6 heteroatoms. The fraction of sp³-hybridized carbons (Fsp3) is 0.455. The molecule has 0 saturated carbocycles. The van der Waals surface area contributed by atoms with Gasteiger partial charge in [0.25, 0.3) is 5.91 Å². The number of hydrogen-bond donors (Lipinski definition) is 2. The van der Waals surface area contributed by atoms with E-state index in [1.54, 1.807) is 18.4 Å². The topological polar surface area (TPSA) is 75.6 Å². The van der Waals surface area contributed by atoms with Gasteiger partial charge in [-0.05, 0) is 24.8 Å². The summed E-state index contributed by atoms with van der Waals surface area (Å²) in [5, 5.41) is 13.1. The normalized spacial score (nSPS) is 14.1. The Bertz CT molecular complexity index is 423. The third-order valence-corrected chi connectivity index (χ3v) is 3.62. The number of anilines is 1. The van der Waals surface area contributed by atoms with Crippen molar-refractivity contribution in [2.45, 2.75) is 25.9 Å². The molecule has 94 valence electrons. The minimum Gasteiger partial charge on any atom is -0.477 e. The molecule has 0 aromatic carbocycles. The highest BCUT2D eigenvalue weighted by Gasteiger charge is 2.31. The minimum absolute atomic E-state index is 0.118. The first-order valence-corrected chi connectivity index (χ1v) is 6.00. The molecule has 0 radical (unpaired) electrons. The number of hydrogen-bond acceptors (Lipinski definition) is 4. The minimum atomic E-state index is -1.05. The van der Waals surface area contributed by atoms with E-state index < -0.39 is 11.6 Å². The third kappa shape index (κ3) is 2.83. The Balaban J connectivity index is 2.88. The molecule has 17 heavy (non-hydrogen) atoms. The highest BCUT2D eigenvalue weighted by molar-refractivity contribution is 7.12. The Labute approximate surface area is 103 Å². The zero-order valence-corrected chi connectivity index (χ0v) is 10.8. The van der Waals surface area contributed by atoms with E-state index in [4.69, 9.17) is 9.84 Å². The molecule has 1 unspecified atom stereocenters. The van der Waals surface area contributed by atoms with Gasteiger partial charge in [-0.3, -0.25) is 4.79 Å². The van der Waals surface area contributed by atoms with Crippen molar-refractivity contribution in [2.24, 2.45) is 0 Å². The van der Waals surface area contributed by atoms with E-state index in [-0.39, 0.29) is 10.8 Å².